The van der Waals surface area contributed by atoms with E-state index in [4.69, 9.17) is 5.73 Å². The van der Waals surface area contributed by atoms with Crippen molar-refractivity contribution in [2.45, 2.75) is 19.4 Å². The van der Waals surface area contributed by atoms with E-state index < -0.39 is 0 Å². The fourth-order valence-electron chi connectivity index (χ4n) is 2.03. The number of aromatic nitrogens is 2. The van der Waals surface area contributed by atoms with Crippen LogP contribution in [-0.2, 0) is 7.05 Å². The van der Waals surface area contributed by atoms with Crippen LogP contribution >= 0.6 is 0 Å². The molecule has 1 unspecified atom stereocenters. The van der Waals surface area contributed by atoms with Gasteiger partial charge in [-0.3, -0.25) is 0 Å². The second kappa shape index (κ2) is 4.75. The SMILES string of the molecule is CC(CCN)N(C)c1ccc2c(c1)ncn2C. The molecule has 4 heteroatoms. The van der Waals surface area contributed by atoms with Crippen molar-refractivity contribution >= 4 is 16.7 Å². The Bertz CT molecular complexity index is 503. The lowest BCUT2D eigenvalue weighted by atomic mass is 10.2. The van der Waals surface area contributed by atoms with Crippen LogP contribution in [0, 0.1) is 0 Å². The van der Waals surface area contributed by atoms with Crippen molar-refractivity contribution in [1.29, 1.82) is 0 Å². The molecule has 0 aliphatic heterocycles. The topological polar surface area (TPSA) is 47.1 Å². The molecule has 0 aliphatic carbocycles. The molecule has 2 rings (SSSR count). The lowest BCUT2D eigenvalue weighted by molar-refractivity contribution is 0.635. The molecular weight excluding hydrogens is 212 g/mol. The maximum atomic E-state index is 5.60. The summed E-state index contributed by atoms with van der Waals surface area (Å²) < 4.78 is 2.03. The summed E-state index contributed by atoms with van der Waals surface area (Å²) in [5.41, 5.74) is 8.99. The van der Waals surface area contributed by atoms with E-state index in [0.29, 0.717) is 6.04 Å². The molecule has 17 heavy (non-hydrogen) atoms. The highest BCUT2D eigenvalue weighted by Crippen LogP contribution is 2.22. The second-order valence-corrected chi connectivity index (χ2v) is 4.57. The van der Waals surface area contributed by atoms with Gasteiger partial charge in [-0.15, -0.1) is 0 Å². The second-order valence-electron chi connectivity index (χ2n) is 4.57. The van der Waals surface area contributed by atoms with Gasteiger partial charge in [0.1, 0.15) is 0 Å². The van der Waals surface area contributed by atoms with Crippen LogP contribution in [0.3, 0.4) is 0 Å². The minimum atomic E-state index is 0.446. The van der Waals surface area contributed by atoms with Crippen molar-refractivity contribution in [3.8, 4) is 0 Å². The van der Waals surface area contributed by atoms with Gasteiger partial charge >= 0.3 is 0 Å². The number of anilines is 1. The smallest absolute Gasteiger partial charge is 0.0955 e. The highest BCUT2D eigenvalue weighted by Gasteiger charge is 2.10. The molecule has 0 saturated heterocycles. The predicted molar refractivity (Wildman–Crippen MR) is 72.3 cm³/mol. The lowest BCUT2D eigenvalue weighted by Gasteiger charge is -2.26. The van der Waals surface area contributed by atoms with E-state index in [2.05, 4.69) is 42.1 Å². The molecule has 0 aliphatic rings. The van der Waals surface area contributed by atoms with E-state index in [0.717, 1.165) is 24.0 Å². The molecule has 2 N–H and O–H groups in total. The van der Waals surface area contributed by atoms with E-state index >= 15 is 0 Å². The Kier molecular flexibility index (Phi) is 3.33. The third-order valence-corrected chi connectivity index (χ3v) is 3.36. The first-order valence-corrected chi connectivity index (χ1v) is 5.97. The average molecular weight is 232 g/mol. The number of nitrogens with two attached hydrogens (primary N) is 1. The van der Waals surface area contributed by atoms with Crippen LogP contribution in [0.1, 0.15) is 13.3 Å². The predicted octanol–water partition coefficient (Wildman–Crippen LogP) is 1.75. The number of aryl methyl sites for hydroxylation is 1. The third kappa shape index (κ3) is 2.26. The molecule has 0 bridgehead atoms. The zero-order valence-corrected chi connectivity index (χ0v) is 10.7. The Morgan fingerprint density at radius 2 is 2.24 bits per heavy atom. The molecule has 0 radical (unpaired) electrons. The van der Waals surface area contributed by atoms with Crippen molar-refractivity contribution in [3.05, 3.63) is 24.5 Å². The van der Waals surface area contributed by atoms with Gasteiger partial charge in [-0.1, -0.05) is 0 Å². The van der Waals surface area contributed by atoms with Crippen LogP contribution in [-0.4, -0.2) is 29.2 Å². The van der Waals surface area contributed by atoms with Crippen molar-refractivity contribution in [3.63, 3.8) is 0 Å². The lowest BCUT2D eigenvalue weighted by Crippen LogP contribution is -2.30. The summed E-state index contributed by atoms with van der Waals surface area (Å²) in [4.78, 5) is 6.63. The number of nitrogens with zero attached hydrogens (tertiary/aromatic N) is 3. The fourth-order valence-corrected chi connectivity index (χ4v) is 2.03. The summed E-state index contributed by atoms with van der Waals surface area (Å²) in [6, 6.07) is 6.82. The number of hydrogen-bond acceptors (Lipinski definition) is 3. The summed E-state index contributed by atoms with van der Waals surface area (Å²) >= 11 is 0. The summed E-state index contributed by atoms with van der Waals surface area (Å²) in [5, 5.41) is 0. The molecule has 0 fully saturated rings. The van der Waals surface area contributed by atoms with Crippen LogP contribution in [0.2, 0.25) is 0 Å². The summed E-state index contributed by atoms with van der Waals surface area (Å²) in [5.74, 6) is 0. The van der Waals surface area contributed by atoms with E-state index in [9.17, 15) is 0 Å². The Morgan fingerprint density at radius 1 is 1.47 bits per heavy atom. The van der Waals surface area contributed by atoms with E-state index in [1.54, 1.807) is 0 Å². The van der Waals surface area contributed by atoms with Gasteiger partial charge in [0.05, 0.1) is 17.4 Å². The quantitative estimate of drug-likeness (QED) is 0.873. The molecule has 0 amide bonds. The Labute approximate surface area is 102 Å². The first-order chi connectivity index (χ1) is 8.13. The normalized spacial score (nSPS) is 12.9. The van der Waals surface area contributed by atoms with Crippen molar-refractivity contribution in [2.24, 2.45) is 12.8 Å². The van der Waals surface area contributed by atoms with Gasteiger partial charge in [-0.05, 0) is 38.1 Å². The molecule has 2 aromatic rings. The first-order valence-electron chi connectivity index (χ1n) is 5.97. The highest BCUT2D eigenvalue weighted by molar-refractivity contribution is 5.79. The van der Waals surface area contributed by atoms with Gasteiger partial charge in [0.2, 0.25) is 0 Å². The first kappa shape index (κ1) is 11.9. The van der Waals surface area contributed by atoms with Crippen LogP contribution in [0.25, 0.3) is 11.0 Å². The van der Waals surface area contributed by atoms with E-state index in [1.807, 2.05) is 17.9 Å². The zero-order valence-electron chi connectivity index (χ0n) is 10.7. The Balaban J connectivity index is 2.29. The van der Waals surface area contributed by atoms with Crippen LogP contribution in [0.4, 0.5) is 5.69 Å². The Morgan fingerprint density at radius 3 is 2.94 bits per heavy atom. The van der Waals surface area contributed by atoms with Crippen molar-refractivity contribution < 1.29 is 0 Å². The highest BCUT2D eigenvalue weighted by atomic mass is 15.1. The van der Waals surface area contributed by atoms with Gasteiger partial charge in [0.25, 0.3) is 0 Å². The summed E-state index contributed by atoms with van der Waals surface area (Å²) in [6.07, 6.45) is 2.84. The third-order valence-electron chi connectivity index (χ3n) is 3.36. The molecule has 1 aromatic carbocycles. The van der Waals surface area contributed by atoms with E-state index in [1.165, 1.54) is 5.69 Å². The maximum absolute atomic E-state index is 5.60. The molecule has 1 atom stereocenters. The minimum absolute atomic E-state index is 0.446. The molecule has 4 nitrogen and oxygen atoms in total. The monoisotopic (exact) mass is 232 g/mol. The average Bonchev–Trinajstić information content (AvgIpc) is 2.70. The number of rotatable bonds is 4. The van der Waals surface area contributed by atoms with Crippen molar-refractivity contribution in [2.75, 3.05) is 18.5 Å². The van der Waals surface area contributed by atoms with Crippen LogP contribution in [0.15, 0.2) is 24.5 Å². The molecule has 1 heterocycles. The van der Waals surface area contributed by atoms with Crippen LogP contribution < -0.4 is 10.6 Å². The van der Waals surface area contributed by atoms with Gasteiger partial charge in [0, 0.05) is 25.8 Å². The Hall–Kier alpha value is -1.55. The summed E-state index contributed by atoms with van der Waals surface area (Å²) in [6.45, 7) is 2.91. The molecular formula is C13H20N4. The van der Waals surface area contributed by atoms with Gasteiger partial charge in [-0.2, -0.15) is 0 Å². The largest absolute Gasteiger partial charge is 0.372 e. The molecule has 1 aromatic heterocycles. The van der Waals surface area contributed by atoms with Gasteiger partial charge < -0.3 is 15.2 Å². The molecule has 92 valence electrons. The fraction of sp³-hybridized carbons (Fsp3) is 0.462. The van der Waals surface area contributed by atoms with Gasteiger partial charge in [-0.25, -0.2) is 4.98 Å². The minimum Gasteiger partial charge on any atom is -0.372 e. The summed E-state index contributed by atoms with van der Waals surface area (Å²) in [7, 11) is 4.11. The standard InChI is InChI=1S/C13H20N4/c1-10(6-7-14)17(3)11-4-5-13-12(8-11)15-9-16(13)2/h4-5,8-10H,6-7,14H2,1-3H3. The van der Waals surface area contributed by atoms with Crippen molar-refractivity contribution in [1.82, 2.24) is 9.55 Å². The van der Waals surface area contributed by atoms with Crippen LogP contribution in [0.5, 0.6) is 0 Å². The molecule has 0 saturated carbocycles. The number of benzene rings is 1. The maximum Gasteiger partial charge on any atom is 0.0955 e. The van der Waals surface area contributed by atoms with E-state index in [-0.39, 0.29) is 0 Å². The number of fused-ring (bicyclic) bond motifs is 1. The van der Waals surface area contributed by atoms with Gasteiger partial charge in [0.15, 0.2) is 0 Å². The number of hydrogen-bond donors (Lipinski definition) is 1. The zero-order chi connectivity index (χ0) is 12.4. The molecule has 0 spiro atoms. The number of imidazole rings is 1.